The minimum absolute atomic E-state index is 0.621. The van der Waals surface area contributed by atoms with Crippen molar-refractivity contribution < 1.29 is 0 Å². The predicted molar refractivity (Wildman–Crippen MR) is 173 cm³/mol. The van der Waals surface area contributed by atoms with Crippen molar-refractivity contribution in [3.63, 3.8) is 0 Å². The summed E-state index contributed by atoms with van der Waals surface area (Å²) in [7, 11) is 0. The fraction of sp³-hybridized carbons (Fsp3) is 0.618. The maximum atomic E-state index is 3.82. The summed E-state index contributed by atoms with van der Waals surface area (Å²) < 4.78 is 0. The fourth-order valence-corrected chi connectivity index (χ4v) is 2.40. The van der Waals surface area contributed by atoms with E-state index in [9.17, 15) is 0 Å². The smallest absolute Gasteiger partial charge is 0.0626 e. The van der Waals surface area contributed by atoms with E-state index in [4.69, 9.17) is 0 Å². The molecule has 1 aliphatic rings. The molecule has 35 heavy (non-hydrogen) atoms. The number of rotatable bonds is 6. The van der Waals surface area contributed by atoms with Gasteiger partial charge in [0.15, 0.2) is 0 Å². The molecule has 0 spiro atoms. The van der Waals surface area contributed by atoms with Crippen molar-refractivity contribution in [2.45, 2.75) is 122 Å². The van der Waals surface area contributed by atoms with Crippen LogP contribution in [0.15, 0.2) is 77.9 Å². The topological polar surface area (TPSA) is 12.4 Å². The Balaban J connectivity index is -0.0000000795. The SMILES string of the molecule is C=C.C=C(C)/C(C)=C/C.C=NCC(=C)/C=C\C=C(/C)CC.CC.CC.CC1CCC(C)C1.CCC. The van der Waals surface area contributed by atoms with Gasteiger partial charge in [0.2, 0.25) is 0 Å². The molecular formula is C34H67N. The van der Waals surface area contributed by atoms with Crippen LogP contribution < -0.4 is 0 Å². The molecule has 208 valence electrons. The molecule has 2 unspecified atom stereocenters. The van der Waals surface area contributed by atoms with E-state index >= 15 is 0 Å². The largest absolute Gasteiger partial charge is 0.296 e. The van der Waals surface area contributed by atoms with Crippen LogP contribution >= 0.6 is 0 Å². The van der Waals surface area contributed by atoms with Crippen LogP contribution in [0.2, 0.25) is 0 Å². The molecule has 0 saturated heterocycles. The van der Waals surface area contributed by atoms with E-state index in [1.807, 2.05) is 53.7 Å². The number of hydrogen-bond acceptors (Lipinski definition) is 1. The summed E-state index contributed by atoms with van der Waals surface area (Å²) in [6, 6.07) is 0. The van der Waals surface area contributed by atoms with Crippen molar-refractivity contribution >= 4 is 6.72 Å². The number of hydrogen-bond donors (Lipinski definition) is 0. The zero-order chi connectivity index (χ0) is 29.2. The van der Waals surface area contributed by atoms with Crippen LogP contribution in [0.1, 0.15) is 122 Å². The number of nitrogens with zero attached hydrogens (tertiary/aromatic N) is 1. The van der Waals surface area contributed by atoms with Crippen molar-refractivity contribution in [2.75, 3.05) is 6.54 Å². The summed E-state index contributed by atoms with van der Waals surface area (Å²) >= 11 is 0. The molecule has 1 saturated carbocycles. The average molecular weight is 490 g/mol. The second kappa shape index (κ2) is 42.3. The number of allylic oxidation sites excluding steroid dienone is 6. The maximum absolute atomic E-state index is 3.82. The van der Waals surface area contributed by atoms with Gasteiger partial charge in [-0.3, -0.25) is 4.99 Å². The fourth-order valence-electron chi connectivity index (χ4n) is 2.40. The first-order chi connectivity index (χ1) is 16.6. The highest BCUT2D eigenvalue weighted by Gasteiger charge is 2.15. The van der Waals surface area contributed by atoms with Gasteiger partial charge >= 0.3 is 0 Å². The molecule has 1 nitrogen and oxygen atoms in total. The van der Waals surface area contributed by atoms with E-state index < -0.39 is 0 Å². The van der Waals surface area contributed by atoms with E-state index in [0.29, 0.717) is 6.54 Å². The molecule has 0 bridgehead atoms. The van der Waals surface area contributed by atoms with Gasteiger partial charge in [0, 0.05) is 0 Å². The third kappa shape index (κ3) is 50.1. The van der Waals surface area contributed by atoms with E-state index in [-0.39, 0.29) is 0 Å². The van der Waals surface area contributed by atoms with Gasteiger partial charge in [0.05, 0.1) is 6.54 Å². The predicted octanol–water partition coefficient (Wildman–Crippen LogP) is 12.4. The Morgan fingerprint density at radius 2 is 1.29 bits per heavy atom. The molecule has 1 aliphatic carbocycles. The van der Waals surface area contributed by atoms with Crippen LogP contribution in [0.3, 0.4) is 0 Å². The maximum Gasteiger partial charge on any atom is 0.0626 e. The van der Waals surface area contributed by atoms with Crippen molar-refractivity contribution in [3.8, 4) is 0 Å². The summed E-state index contributed by atoms with van der Waals surface area (Å²) in [6.45, 7) is 44.9. The molecule has 0 heterocycles. The molecule has 1 heteroatoms. The van der Waals surface area contributed by atoms with Gasteiger partial charge in [-0.25, -0.2) is 0 Å². The van der Waals surface area contributed by atoms with Crippen LogP contribution in [0.5, 0.6) is 0 Å². The lowest BCUT2D eigenvalue weighted by Crippen LogP contribution is -1.84. The Morgan fingerprint density at radius 3 is 1.49 bits per heavy atom. The van der Waals surface area contributed by atoms with Crippen LogP contribution in [0, 0.1) is 11.8 Å². The lowest BCUT2D eigenvalue weighted by Gasteiger charge is -1.96. The van der Waals surface area contributed by atoms with Crippen molar-refractivity contribution in [1.29, 1.82) is 0 Å². The summed E-state index contributed by atoms with van der Waals surface area (Å²) in [5.41, 5.74) is 4.79. The second-order valence-electron chi connectivity index (χ2n) is 8.25. The van der Waals surface area contributed by atoms with Crippen LogP contribution in [-0.2, 0) is 0 Å². The first-order valence-corrected chi connectivity index (χ1v) is 13.8. The summed E-state index contributed by atoms with van der Waals surface area (Å²) in [5.74, 6) is 2.05. The molecule has 0 radical (unpaired) electrons. The molecule has 1 fully saturated rings. The zero-order valence-electron chi connectivity index (χ0n) is 26.7. The quantitative estimate of drug-likeness (QED) is 0.200. The normalized spacial score (nSPS) is 15.8. The highest BCUT2D eigenvalue weighted by Crippen LogP contribution is 2.29. The molecule has 0 aromatic heterocycles. The molecular weight excluding hydrogens is 422 g/mol. The first-order valence-electron chi connectivity index (χ1n) is 13.8. The van der Waals surface area contributed by atoms with Crippen LogP contribution in [-0.4, -0.2) is 13.3 Å². The third-order valence-corrected chi connectivity index (χ3v) is 4.65. The first kappa shape index (κ1) is 46.4. The standard InChI is InChI=1S/C11H17N.C7H14.C7H12.C3H8.2C2H6.C2H4/c1-5-10(2)7-6-8-11(3)9-12-4;1-6-3-4-7(2)5-6;1-5-7(4)6(2)3;1-3-2;3*1-2/h6-8H,3-5,9H2,1-2H3;6-7H,3-5H2,1-2H3;5H,2H2,1,3-4H3;3H2,1-2H3;2*1-2H3;1-2H2/b8-6-,10-7+;;7-5+;;;;. The van der Waals surface area contributed by atoms with Gasteiger partial charge in [-0.2, -0.15) is 0 Å². The Morgan fingerprint density at radius 1 is 0.886 bits per heavy atom. The lowest BCUT2D eigenvalue weighted by atomic mass is 10.1. The highest BCUT2D eigenvalue weighted by atomic mass is 14.7. The summed E-state index contributed by atoms with van der Waals surface area (Å²) in [6.07, 6.45) is 14.9. The van der Waals surface area contributed by atoms with Crippen molar-refractivity contribution in [2.24, 2.45) is 16.8 Å². The van der Waals surface area contributed by atoms with Gasteiger partial charge in [-0.15, -0.1) is 13.2 Å². The molecule has 2 atom stereocenters. The Labute approximate surface area is 225 Å². The third-order valence-electron chi connectivity index (χ3n) is 4.65. The second-order valence-corrected chi connectivity index (χ2v) is 8.25. The summed E-state index contributed by atoms with van der Waals surface area (Å²) in [4.78, 5) is 3.73. The Bertz CT molecular complexity index is 523. The van der Waals surface area contributed by atoms with E-state index in [1.165, 1.54) is 36.8 Å². The molecule has 0 amide bonds. The molecule has 0 aliphatic heterocycles. The minimum atomic E-state index is 0.621. The average Bonchev–Trinajstić information content (AvgIpc) is 3.25. The Hall–Kier alpha value is -1.89. The lowest BCUT2D eigenvalue weighted by molar-refractivity contribution is 0.555. The van der Waals surface area contributed by atoms with Crippen LogP contribution in [0.4, 0.5) is 0 Å². The molecule has 0 N–H and O–H groups in total. The van der Waals surface area contributed by atoms with Gasteiger partial charge in [0.1, 0.15) is 0 Å². The highest BCUT2D eigenvalue weighted by molar-refractivity contribution is 5.28. The van der Waals surface area contributed by atoms with Gasteiger partial charge in [-0.05, 0) is 64.7 Å². The molecule has 0 aromatic rings. The van der Waals surface area contributed by atoms with Gasteiger partial charge < -0.3 is 0 Å². The van der Waals surface area contributed by atoms with E-state index in [0.717, 1.165) is 29.4 Å². The molecule has 1 rings (SSSR count). The molecule has 0 aromatic carbocycles. The summed E-state index contributed by atoms with van der Waals surface area (Å²) in [5, 5.41) is 0. The van der Waals surface area contributed by atoms with Crippen molar-refractivity contribution in [1.82, 2.24) is 0 Å². The van der Waals surface area contributed by atoms with Gasteiger partial charge in [0.25, 0.3) is 0 Å². The van der Waals surface area contributed by atoms with Crippen molar-refractivity contribution in [3.05, 3.63) is 72.9 Å². The monoisotopic (exact) mass is 490 g/mol. The number of aliphatic imine (C=N–C) groups is 1. The Kier molecular flexibility index (Phi) is 56.1. The minimum Gasteiger partial charge on any atom is -0.296 e. The van der Waals surface area contributed by atoms with E-state index in [1.54, 1.807) is 0 Å². The van der Waals surface area contributed by atoms with E-state index in [2.05, 4.69) is 98.6 Å². The zero-order valence-corrected chi connectivity index (χ0v) is 26.7. The van der Waals surface area contributed by atoms with Gasteiger partial charge in [-0.1, -0.05) is 136 Å². The van der Waals surface area contributed by atoms with Crippen LogP contribution in [0.25, 0.3) is 0 Å².